The Labute approximate surface area is 74.0 Å². The molecule has 0 saturated heterocycles. The highest BCUT2D eigenvalue weighted by Gasteiger charge is 2.07. The fraction of sp³-hybridized carbons (Fsp3) is 0.100. The fourth-order valence-corrected chi connectivity index (χ4v) is 1.33. The monoisotopic (exact) mass is 178 g/mol. The average molecular weight is 178 g/mol. The summed E-state index contributed by atoms with van der Waals surface area (Å²) in [6, 6.07) is 4.46. The molecule has 0 aliphatic heterocycles. The Hall–Kier alpha value is -1.64. The molecule has 13 heavy (non-hydrogen) atoms. The van der Waals surface area contributed by atoms with Crippen LogP contribution in [0.2, 0.25) is 0 Å². The minimum atomic E-state index is -0.493. The van der Waals surface area contributed by atoms with Gasteiger partial charge in [-0.25, -0.2) is 4.39 Å². The van der Waals surface area contributed by atoms with Gasteiger partial charge in [-0.1, -0.05) is 0 Å². The topological polar surface area (TPSA) is 30.2 Å². The van der Waals surface area contributed by atoms with Crippen LogP contribution in [0.25, 0.3) is 11.0 Å². The first-order chi connectivity index (χ1) is 6.20. The lowest BCUT2D eigenvalue weighted by Crippen LogP contribution is -1.82. The van der Waals surface area contributed by atoms with Gasteiger partial charge in [0.25, 0.3) is 0 Å². The first kappa shape index (κ1) is 7.98. The second-order valence-electron chi connectivity index (χ2n) is 2.90. The average Bonchev–Trinajstić information content (AvgIpc) is 2.46. The number of benzene rings is 1. The Morgan fingerprint density at radius 2 is 2.15 bits per heavy atom. The lowest BCUT2D eigenvalue weighted by Gasteiger charge is -1.92. The number of fused-ring (bicyclic) bond motifs is 1. The van der Waals surface area contributed by atoms with Crippen LogP contribution in [0.4, 0.5) is 4.39 Å². The maximum atomic E-state index is 13.2. The fourth-order valence-electron chi connectivity index (χ4n) is 1.33. The first-order valence-electron chi connectivity index (χ1n) is 3.85. The van der Waals surface area contributed by atoms with Gasteiger partial charge in [0.15, 0.2) is 11.4 Å². The van der Waals surface area contributed by atoms with Crippen molar-refractivity contribution in [3.8, 4) is 0 Å². The van der Waals surface area contributed by atoms with Gasteiger partial charge in [0.05, 0.1) is 0 Å². The van der Waals surface area contributed by atoms with Gasteiger partial charge in [-0.2, -0.15) is 0 Å². The lowest BCUT2D eigenvalue weighted by atomic mass is 10.2. The van der Waals surface area contributed by atoms with E-state index in [1.165, 1.54) is 0 Å². The predicted molar refractivity (Wildman–Crippen MR) is 46.3 cm³/mol. The van der Waals surface area contributed by atoms with Crippen molar-refractivity contribution >= 4 is 17.3 Å². The number of halogens is 1. The molecule has 2 nitrogen and oxygen atoms in total. The molecular weight excluding hydrogens is 171 g/mol. The van der Waals surface area contributed by atoms with E-state index >= 15 is 0 Å². The van der Waals surface area contributed by atoms with Gasteiger partial charge < -0.3 is 4.42 Å². The quantitative estimate of drug-likeness (QED) is 0.628. The molecule has 0 saturated carbocycles. The van der Waals surface area contributed by atoms with Crippen LogP contribution in [0.3, 0.4) is 0 Å². The van der Waals surface area contributed by atoms with Gasteiger partial charge in [0.2, 0.25) is 0 Å². The van der Waals surface area contributed by atoms with Crippen molar-refractivity contribution in [3.05, 3.63) is 35.3 Å². The minimum absolute atomic E-state index is 0.211. The van der Waals surface area contributed by atoms with Gasteiger partial charge in [-0.3, -0.25) is 4.79 Å². The van der Waals surface area contributed by atoms with Gasteiger partial charge >= 0.3 is 0 Å². The van der Waals surface area contributed by atoms with Gasteiger partial charge in [0, 0.05) is 10.9 Å². The van der Waals surface area contributed by atoms with Gasteiger partial charge in [0.1, 0.15) is 12.0 Å². The van der Waals surface area contributed by atoms with Crippen LogP contribution in [-0.4, -0.2) is 6.29 Å². The van der Waals surface area contributed by atoms with Crippen molar-refractivity contribution in [1.29, 1.82) is 0 Å². The summed E-state index contributed by atoms with van der Waals surface area (Å²) < 4.78 is 18.3. The number of hydrogen-bond donors (Lipinski definition) is 0. The van der Waals surface area contributed by atoms with E-state index in [1.807, 2.05) is 0 Å². The van der Waals surface area contributed by atoms with E-state index < -0.39 is 5.82 Å². The van der Waals surface area contributed by atoms with Crippen LogP contribution in [-0.2, 0) is 0 Å². The highest BCUT2D eigenvalue weighted by atomic mass is 19.1. The summed E-state index contributed by atoms with van der Waals surface area (Å²) in [4.78, 5) is 10.4. The second-order valence-corrected chi connectivity index (χ2v) is 2.90. The number of carbonyl (C=O) groups is 1. The van der Waals surface area contributed by atoms with E-state index in [4.69, 9.17) is 4.42 Å². The third-order valence-corrected chi connectivity index (χ3v) is 1.85. The minimum Gasteiger partial charge on any atom is -0.458 e. The summed E-state index contributed by atoms with van der Waals surface area (Å²) in [7, 11) is 0. The lowest BCUT2D eigenvalue weighted by molar-refractivity contribution is 0.112. The number of furan rings is 1. The highest BCUT2D eigenvalue weighted by Crippen LogP contribution is 2.22. The molecule has 0 radical (unpaired) electrons. The van der Waals surface area contributed by atoms with E-state index in [-0.39, 0.29) is 5.58 Å². The molecule has 0 N–H and O–H groups in total. The van der Waals surface area contributed by atoms with E-state index in [2.05, 4.69) is 0 Å². The Bertz CT molecular complexity index is 471. The van der Waals surface area contributed by atoms with Crippen LogP contribution >= 0.6 is 0 Å². The molecule has 3 heteroatoms. The zero-order valence-electron chi connectivity index (χ0n) is 7.00. The first-order valence-corrected chi connectivity index (χ1v) is 3.85. The molecular formula is C10H7FO2. The smallest absolute Gasteiger partial charge is 0.169 e. The normalized spacial score (nSPS) is 10.6. The van der Waals surface area contributed by atoms with E-state index in [0.717, 1.165) is 6.07 Å². The Kier molecular flexibility index (Phi) is 1.65. The molecule has 0 amide bonds. The Morgan fingerprint density at radius 1 is 1.38 bits per heavy atom. The van der Waals surface area contributed by atoms with Crippen molar-refractivity contribution in [2.75, 3.05) is 0 Å². The molecule has 2 rings (SSSR count). The van der Waals surface area contributed by atoms with Crippen molar-refractivity contribution in [3.63, 3.8) is 0 Å². The molecule has 66 valence electrons. The Balaban J connectivity index is 2.82. The second kappa shape index (κ2) is 2.69. The largest absolute Gasteiger partial charge is 0.458 e. The summed E-state index contributed by atoms with van der Waals surface area (Å²) in [6.45, 7) is 1.74. The molecule has 0 aliphatic rings. The van der Waals surface area contributed by atoms with E-state index in [0.29, 0.717) is 23.0 Å². The molecule has 0 spiro atoms. The van der Waals surface area contributed by atoms with Crippen LogP contribution < -0.4 is 0 Å². The van der Waals surface area contributed by atoms with Crippen molar-refractivity contribution in [2.45, 2.75) is 6.92 Å². The highest BCUT2D eigenvalue weighted by molar-refractivity contribution is 5.86. The standard InChI is InChI=1S/C10H7FO2/c1-6-2-8-3-7(5-12)4-9(11)10(8)13-6/h2-5H,1H3. The van der Waals surface area contributed by atoms with Crippen molar-refractivity contribution in [2.24, 2.45) is 0 Å². The molecule has 0 aliphatic carbocycles. The summed E-state index contributed by atoms with van der Waals surface area (Å²) in [5.41, 5.74) is 0.536. The van der Waals surface area contributed by atoms with Crippen LogP contribution in [0.1, 0.15) is 16.1 Å². The zero-order chi connectivity index (χ0) is 9.42. The third kappa shape index (κ3) is 1.22. The molecule has 1 heterocycles. The zero-order valence-corrected chi connectivity index (χ0v) is 7.00. The van der Waals surface area contributed by atoms with Crippen molar-refractivity contribution in [1.82, 2.24) is 0 Å². The summed E-state index contributed by atoms with van der Waals surface area (Å²) >= 11 is 0. The summed E-state index contributed by atoms with van der Waals surface area (Å²) in [5.74, 6) is 0.143. The molecule has 2 aromatic rings. The maximum absolute atomic E-state index is 13.2. The van der Waals surface area contributed by atoms with E-state index in [1.54, 1.807) is 19.1 Å². The SMILES string of the molecule is Cc1cc2cc(C=O)cc(F)c2o1. The summed E-state index contributed by atoms with van der Waals surface area (Å²) in [5, 5.41) is 0.625. The molecule has 0 fully saturated rings. The molecule has 1 aromatic carbocycles. The predicted octanol–water partition coefficient (Wildman–Crippen LogP) is 2.69. The number of carbonyl (C=O) groups excluding carboxylic acids is 1. The van der Waals surface area contributed by atoms with Crippen LogP contribution in [0, 0.1) is 12.7 Å². The summed E-state index contributed by atoms with van der Waals surface area (Å²) in [6.07, 6.45) is 0.616. The molecule has 0 bridgehead atoms. The van der Waals surface area contributed by atoms with Crippen LogP contribution in [0.15, 0.2) is 22.6 Å². The number of rotatable bonds is 1. The third-order valence-electron chi connectivity index (χ3n) is 1.85. The van der Waals surface area contributed by atoms with Gasteiger partial charge in [-0.15, -0.1) is 0 Å². The molecule has 0 unspecified atom stereocenters. The van der Waals surface area contributed by atoms with Gasteiger partial charge in [-0.05, 0) is 25.1 Å². The van der Waals surface area contributed by atoms with E-state index in [9.17, 15) is 9.18 Å². The molecule has 1 aromatic heterocycles. The van der Waals surface area contributed by atoms with Crippen LogP contribution in [0.5, 0.6) is 0 Å². The maximum Gasteiger partial charge on any atom is 0.169 e. The van der Waals surface area contributed by atoms with Crippen molar-refractivity contribution < 1.29 is 13.6 Å². The number of hydrogen-bond acceptors (Lipinski definition) is 2. The molecule has 0 atom stereocenters. The Morgan fingerprint density at radius 3 is 2.85 bits per heavy atom. The number of aryl methyl sites for hydroxylation is 1. The number of aldehydes is 1.